The van der Waals surface area contributed by atoms with Crippen molar-refractivity contribution in [2.24, 2.45) is 0 Å². The molecule has 1 atom stereocenters. The zero-order valence-corrected chi connectivity index (χ0v) is 16.2. The largest absolute Gasteiger partial charge is 0.491 e. The van der Waals surface area contributed by atoms with Crippen molar-refractivity contribution in [3.05, 3.63) is 58.6 Å². The molecule has 2 aliphatic heterocycles. The van der Waals surface area contributed by atoms with Gasteiger partial charge in [-0.15, -0.1) is 11.8 Å². The van der Waals surface area contributed by atoms with E-state index in [0.29, 0.717) is 29.5 Å². The molecule has 5 heteroatoms. The van der Waals surface area contributed by atoms with Crippen LogP contribution in [0, 0.1) is 0 Å². The van der Waals surface area contributed by atoms with Gasteiger partial charge in [0.25, 0.3) is 0 Å². The SMILES string of the molecule is O=C(CCN1CCC(c2ccccc2)C1)c1ccc2c(c1Cl)SCCO2. The molecule has 2 aromatic carbocycles. The Labute approximate surface area is 163 Å². The van der Waals surface area contributed by atoms with Gasteiger partial charge in [-0.1, -0.05) is 41.9 Å². The summed E-state index contributed by atoms with van der Waals surface area (Å²) in [7, 11) is 0. The number of thioether (sulfide) groups is 1. The van der Waals surface area contributed by atoms with Crippen molar-refractivity contribution in [3.63, 3.8) is 0 Å². The van der Waals surface area contributed by atoms with Crippen LogP contribution in [0.25, 0.3) is 0 Å². The zero-order valence-electron chi connectivity index (χ0n) is 14.6. The Morgan fingerprint density at radius 1 is 1.23 bits per heavy atom. The maximum absolute atomic E-state index is 12.7. The molecule has 2 aliphatic rings. The Bertz CT molecular complexity index is 796. The highest BCUT2D eigenvalue weighted by molar-refractivity contribution is 7.99. The third kappa shape index (κ3) is 3.78. The van der Waals surface area contributed by atoms with Crippen molar-refractivity contribution in [1.82, 2.24) is 4.90 Å². The molecule has 0 saturated carbocycles. The number of ketones is 1. The van der Waals surface area contributed by atoms with E-state index < -0.39 is 0 Å². The van der Waals surface area contributed by atoms with Gasteiger partial charge in [0.05, 0.1) is 16.5 Å². The smallest absolute Gasteiger partial charge is 0.165 e. The molecule has 0 radical (unpaired) electrons. The summed E-state index contributed by atoms with van der Waals surface area (Å²) in [5.74, 6) is 2.37. The van der Waals surface area contributed by atoms with Crippen LogP contribution in [0.4, 0.5) is 0 Å². The van der Waals surface area contributed by atoms with Gasteiger partial charge in [0.2, 0.25) is 0 Å². The van der Waals surface area contributed by atoms with Gasteiger partial charge in [-0.3, -0.25) is 4.79 Å². The van der Waals surface area contributed by atoms with E-state index in [9.17, 15) is 4.79 Å². The van der Waals surface area contributed by atoms with Crippen molar-refractivity contribution in [1.29, 1.82) is 0 Å². The summed E-state index contributed by atoms with van der Waals surface area (Å²) in [6, 6.07) is 14.3. The first-order valence-electron chi connectivity index (χ1n) is 9.11. The number of Topliss-reactive ketones (excluding diaryl/α,β-unsaturated/α-hetero) is 1. The number of benzene rings is 2. The van der Waals surface area contributed by atoms with Gasteiger partial charge in [0.1, 0.15) is 5.75 Å². The second-order valence-corrected chi connectivity index (χ2v) is 8.30. The van der Waals surface area contributed by atoms with Crippen LogP contribution in [0.3, 0.4) is 0 Å². The highest BCUT2D eigenvalue weighted by Crippen LogP contribution is 2.41. The maximum Gasteiger partial charge on any atom is 0.165 e. The van der Waals surface area contributed by atoms with Crippen LogP contribution in [0.5, 0.6) is 5.75 Å². The van der Waals surface area contributed by atoms with Crippen LogP contribution in [-0.2, 0) is 0 Å². The molecule has 0 aromatic heterocycles. The summed E-state index contributed by atoms with van der Waals surface area (Å²) in [5.41, 5.74) is 2.03. The van der Waals surface area contributed by atoms with Gasteiger partial charge < -0.3 is 9.64 Å². The molecule has 26 heavy (non-hydrogen) atoms. The molecule has 0 bridgehead atoms. The van der Waals surface area contributed by atoms with E-state index in [1.54, 1.807) is 11.8 Å². The number of rotatable bonds is 5. The van der Waals surface area contributed by atoms with Gasteiger partial charge in [-0.25, -0.2) is 0 Å². The quantitative estimate of drug-likeness (QED) is 0.683. The normalized spacial score (nSPS) is 19.8. The van der Waals surface area contributed by atoms with E-state index in [1.165, 1.54) is 5.56 Å². The lowest BCUT2D eigenvalue weighted by Gasteiger charge is -2.20. The third-order valence-corrected chi connectivity index (χ3v) is 6.72. The number of carbonyl (C=O) groups is 1. The fraction of sp³-hybridized carbons (Fsp3) is 0.381. The number of halogens is 1. The summed E-state index contributed by atoms with van der Waals surface area (Å²) in [5, 5.41) is 0.556. The summed E-state index contributed by atoms with van der Waals surface area (Å²) < 4.78 is 5.61. The molecule has 3 nitrogen and oxygen atoms in total. The molecule has 1 unspecified atom stereocenters. The number of likely N-dealkylation sites (tertiary alicyclic amines) is 1. The molecule has 136 valence electrons. The van der Waals surface area contributed by atoms with Gasteiger partial charge >= 0.3 is 0 Å². The second-order valence-electron chi connectivity index (χ2n) is 6.82. The molecule has 1 fully saturated rings. The number of ether oxygens (including phenoxy) is 1. The molecule has 2 aromatic rings. The van der Waals surface area contributed by atoms with E-state index in [4.69, 9.17) is 16.3 Å². The molecule has 0 N–H and O–H groups in total. The minimum absolute atomic E-state index is 0.118. The third-order valence-electron chi connectivity index (χ3n) is 5.15. The Hall–Kier alpha value is -1.49. The number of hydrogen-bond acceptors (Lipinski definition) is 4. The highest BCUT2D eigenvalue weighted by atomic mass is 35.5. The number of hydrogen-bond donors (Lipinski definition) is 0. The van der Waals surface area contributed by atoms with Crippen LogP contribution in [0.2, 0.25) is 5.02 Å². The first-order chi connectivity index (χ1) is 12.7. The minimum Gasteiger partial charge on any atom is -0.491 e. The number of fused-ring (bicyclic) bond motifs is 1. The van der Waals surface area contributed by atoms with Crippen LogP contribution < -0.4 is 4.74 Å². The average Bonchev–Trinajstić information content (AvgIpc) is 3.16. The molecule has 4 rings (SSSR count). The van der Waals surface area contributed by atoms with Crippen molar-refractivity contribution >= 4 is 29.1 Å². The maximum atomic E-state index is 12.7. The first-order valence-corrected chi connectivity index (χ1v) is 10.5. The lowest BCUT2D eigenvalue weighted by atomic mass is 9.99. The summed E-state index contributed by atoms with van der Waals surface area (Å²) >= 11 is 8.15. The summed E-state index contributed by atoms with van der Waals surface area (Å²) in [6.45, 7) is 3.56. The molecule has 0 amide bonds. The van der Waals surface area contributed by atoms with Crippen molar-refractivity contribution in [2.75, 3.05) is 32.0 Å². The van der Waals surface area contributed by atoms with E-state index >= 15 is 0 Å². The van der Waals surface area contributed by atoms with Crippen LogP contribution in [0.1, 0.15) is 34.7 Å². The fourth-order valence-electron chi connectivity index (χ4n) is 3.72. The Morgan fingerprint density at radius 2 is 2.08 bits per heavy atom. The number of carbonyl (C=O) groups excluding carboxylic acids is 1. The van der Waals surface area contributed by atoms with Crippen LogP contribution in [-0.4, -0.2) is 42.7 Å². The Morgan fingerprint density at radius 3 is 2.92 bits per heavy atom. The average molecular weight is 388 g/mol. The van der Waals surface area contributed by atoms with E-state index in [0.717, 1.165) is 42.5 Å². The summed E-state index contributed by atoms with van der Waals surface area (Å²) in [6.07, 6.45) is 1.66. The predicted molar refractivity (Wildman–Crippen MR) is 107 cm³/mol. The highest BCUT2D eigenvalue weighted by Gasteiger charge is 2.25. The van der Waals surface area contributed by atoms with Crippen LogP contribution in [0.15, 0.2) is 47.4 Å². The Balaban J connectivity index is 1.36. The van der Waals surface area contributed by atoms with Crippen molar-refractivity contribution in [2.45, 2.75) is 23.7 Å². The molecular formula is C21H22ClNO2S. The van der Waals surface area contributed by atoms with Gasteiger partial charge in [0.15, 0.2) is 5.78 Å². The zero-order chi connectivity index (χ0) is 17.9. The van der Waals surface area contributed by atoms with Crippen molar-refractivity contribution < 1.29 is 9.53 Å². The molecular weight excluding hydrogens is 366 g/mol. The molecule has 2 heterocycles. The molecule has 0 aliphatic carbocycles. The van der Waals surface area contributed by atoms with E-state index in [1.807, 2.05) is 12.1 Å². The van der Waals surface area contributed by atoms with Gasteiger partial charge in [-0.2, -0.15) is 0 Å². The van der Waals surface area contributed by atoms with E-state index in [2.05, 4.69) is 35.2 Å². The topological polar surface area (TPSA) is 29.5 Å². The monoisotopic (exact) mass is 387 g/mol. The second kappa shape index (κ2) is 8.03. The Kier molecular flexibility index (Phi) is 5.53. The summed E-state index contributed by atoms with van der Waals surface area (Å²) in [4.78, 5) is 16.0. The lowest BCUT2D eigenvalue weighted by Crippen LogP contribution is -2.24. The minimum atomic E-state index is 0.118. The molecule has 0 spiro atoms. The van der Waals surface area contributed by atoms with Gasteiger partial charge in [0, 0.05) is 30.8 Å². The van der Waals surface area contributed by atoms with Crippen molar-refractivity contribution in [3.8, 4) is 5.75 Å². The predicted octanol–water partition coefficient (Wildman–Crippen LogP) is 4.89. The lowest BCUT2D eigenvalue weighted by molar-refractivity contribution is 0.0968. The number of nitrogens with zero attached hydrogens (tertiary/aromatic N) is 1. The van der Waals surface area contributed by atoms with Gasteiger partial charge in [-0.05, 0) is 36.6 Å². The van der Waals surface area contributed by atoms with E-state index in [-0.39, 0.29) is 5.78 Å². The first kappa shape index (κ1) is 17.9. The fourth-order valence-corrected chi connectivity index (χ4v) is 5.03. The standard InChI is InChI=1S/C21H22ClNO2S/c22-20-17(6-7-19-21(20)26-13-12-25-19)18(24)9-11-23-10-8-16(14-23)15-4-2-1-3-5-15/h1-7,16H,8-14H2. The molecule has 1 saturated heterocycles. The van der Waals surface area contributed by atoms with Crippen LogP contribution >= 0.6 is 23.4 Å².